The summed E-state index contributed by atoms with van der Waals surface area (Å²) in [5.41, 5.74) is 2.91. The molecule has 2 aromatic rings. The molecule has 19 heavy (non-hydrogen) atoms. The van der Waals surface area contributed by atoms with Crippen molar-refractivity contribution in [2.45, 2.75) is 13.5 Å². The summed E-state index contributed by atoms with van der Waals surface area (Å²) in [5.74, 6) is -0.227. The number of hydrogen-bond donors (Lipinski definition) is 2. The zero-order chi connectivity index (χ0) is 13.8. The summed E-state index contributed by atoms with van der Waals surface area (Å²) < 4.78 is 0. The summed E-state index contributed by atoms with van der Waals surface area (Å²) in [6, 6.07) is 12.2. The number of aryl methyl sites for hydroxylation is 1. The number of hydrogen-bond acceptors (Lipinski definition) is 2. The van der Waals surface area contributed by atoms with Crippen LogP contribution >= 0.6 is 11.6 Å². The van der Waals surface area contributed by atoms with Crippen molar-refractivity contribution in [1.82, 2.24) is 0 Å². The van der Waals surface area contributed by atoms with Gasteiger partial charge in [-0.15, -0.1) is 0 Å². The van der Waals surface area contributed by atoms with Gasteiger partial charge in [0.05, 0.1) is 17.3 Å². The predicted molar refractivity (Wildman–Crippen MR) is 76.5 cm³/mol. The van der Waals surface area contributed by atoms with Crippen LogP contribution in [0.2, 0.25) is 5.02 Å². The highest BCUT2D eigenvalue weighted by atomic mass is 35.5. The lowest BCUT2D eigenvalue weighted by atomic mass is 10.1. The summed E-state index contributed by atoms with van der Waals surface area (Å²) in [6.45, 7) is 1.90. The van der Waals surface area contributed by atoms with Gasteiger partial charge >= 0.3 is 0 Å². The van der Waals surface area contributed by atoms with E-state index in [4.69, 9.17) is 16.7 Å². The molecule has 0 aliphatic heterocycles. The van der Waals surface area contributed by atoms with Crippen molar-refractivity contribution in [2.75, 3.05) is 5.32 Å². The minimum Gasteiger partial charge on any atom is -0.392 e. The van der Waals surface area contributed by atoms with E-state index in [1.165, 1.54) is 0 Å². The van der Waals surface area contributed by atoms with Gasteiger partial charge in [-0.25, -0.2) is 0 Å². The van der Waals surface area contributed by atoms with Gasteiger partial charge in [-0.3, -0.25) is 4.79 Å². The Bertz CT molecular complexity index is 594. The van der Waals surface area contributed by atoms with Gasteiger partial charge in [0.2, 0.25) is 0 Å². The number of rotatable bonds is 3. The van der Waals surface area contributed by atoms with Crippen LogP contribution < -0.4 is 5.32 Å². The first kappa shape index (κ1) is 13.6. The highest BCUT2D eigenvalue weighted by Gasteiger charge is 2.08. The summed E-state index contributed by atoms with van der Waals surface area (Å²) in [5, 5.41) is 12.2. The maximum absolute atomic E-state index is 12.0. The lowest BCUT2D eigenvalue weighted by molar-refractivity contribution is 0.102. The SMILES string of the molecule is Cc1ccc(NC(=O)c2ccc(CO)cc2)c(Cl)c1. The van der Waals surface area contributed by atoms with Gasteiger partial charge in [-0.05, 0) is 42.3 Å². The number of amides is 1. The monoisotopic (exact) mass is 275 g/mol. The van der Waals surface area contributed by atoms with E-state index in [1.54, 1.807) is 36.4 Å². The van der Waals surface area contributed by atoms with Crippen LogP contribution in [0.15, 0.2) is 42.5 Å². The highest BCUT2D eigenvalue weighted by Crippen LogP contribution is 2.23. The van der Waals surface area contributed by atoms with Crippen molar-refractivity contribution in [3.63, 3.8) is 0 Å². The van der Waals surface area contributed by atoms with Gasteiger partial charge in [0.25, 0.3) is 5.91 Å². The third-order valence-corrected chi connectivity index (χ3v) is 3.08. The fraction of sp³-hybridized carbons (Fsp3) is 0.133. The molecule has 3 nitrogen and oxygen atoms in total. The van der Waals surface area contributed by atoms with Gasteiger partial charge in [0.1, 0.15) is 0 Å². The third kappa shape index (κ3) is 3.34. The fourth-order valence-corrected chi connectivity index (χ4v) is 1.96. The quantitative estimate of drug-likeness (QED) is 0.902. The average Bonchev–Trinajstić information content (AvgIpc) is 2.42. The molecule has 0 aliphatic carbocycles. The van der Waals surface area contributed by atoms with Crippen LogP contribution in [-0.4, -0.2) is 11.0 Å². The van der Waals surface area contributed by atoms with Crippen molar-refractivity contribution >= 4 is 23.2 Å². The second-order valence-corrected chi connectivity index (χ2v) is 4.70. The van der Waals surface area contributed by atoms with Gasteiger partial charge in [-0.2, -0.15) is 0 Å². The number of carbonyl (C=O) groups excluding carboxylic acids is 1. The molecule has 0 spiro atoms. The Hall–Kier alpha value is -1.84. The second-order valence-electron chi connectivity index (χ2n) is 4.29. The minimum absolute atomic E-state index is 0.0360. The molecule has 2 N–H and O–H groups in total. The molecule has 4 heteroatoms. The number of aliphatic hydroxyl groups excluding tert-OH is 1. The van der Waals surface area contributed by atoms with Crippen molar-refractivity contribution in [3.8, 4) is 0 Å². The van der Waals surface area contributed by atoms with E-state index in [0.29, 0.717) is 16.3 Å². The number of carbonyl (C=O) groups is 1. The molecule has 0 aliphatic rings. The smallest absolute Gasteiger partial charge is 0.255 e. The van der Waals surface area contributed by atoms with Crippen LogP contribution in [-0.2, 0) is 6.61 Å². The molecule has 0 saturated carbocycles. The van der Waals surface area contributed by atoms with E-state index in [-0.39, 0.29) is 12.5 Å². The van der Waals surface area contributed by atoms with E-state index < -0.39 is 0 Å². The van der Waals surface area contributed by atoms with Crippen LogP contribution in [0.3, 0.4) is 0 Å². The summed E-state index contributed by atoms with van der Waals surface area (Å²) in [7, 11) is 0. The van der Waals surface area contributed by atoms with Crippen molar-refractivity contribution in [2.24, 2.45) is 0 Å². The number of halogens is 1. The zero-order valence-electron chi connectivity index (χ0n) is 10.5. The first-order chi connectivity index (χ1) is 9.10. The molecule has 0 heterocycles. The van der Waals surface area contributed by atoms with Crippen LogP contribution in [0.4, 0.5) is 5.69 Å². The maximum Gasteiger partial charge on any atom is 0.255 e. The Morgan fingerprint density at radius 3 is 2.47 bits per heavy atom. The van der Waals surface area contributed by atoms with Crippen LogP contribution in [0.1, 0.15) is 21.5 Å². The molecule has 0 radical (unpaired) electrons. The van der Waals surface area contributed by atoms with Crippen molar-refractivity contribution in [1.29, 1.82) is 0 Å². The molecule has 0 unspecified atom stereocenters. The van der Waals surface area contributed by atoms with Crippen molar-refractivity contribution < 1.29 is 9.90 Å². The molecule has 2 rings (SSSR count). The van der Waals surface area contributed by atoms with Gasteiger partial charge in [-0.1, -0.05) is 29.8 Å². The summed E-state index contributed by atoms with van der Waals surface area (Å²) in [6.07, 6.45) is 0. The summed E-state index contributed by atoms with van der Waals surface area (Å²) in [4.78, 5) is 12.0. The first-order valence-electron chi connectivity index (χ1n) is 5.87. The van der Waals surface area contributed by atoms with E-state index in [2.05, 4.69) is 5.32 Å². The highest BCUT2D eigenvalue weighted by molar-refractivity contribution is 6.34. The van der Waals surface area contributed by atoms with Crippen LogP contribution in [0, 0.1) is 6.92 Å². The number of aliphatic hydroxyl groups is 1. The maximum atomic E-state index is 12.0. The lowest BCUT2D eigenvalue weighted by Gasteiger charge is -2.08. The Kier molecular flexibility index (Phi) is 4.20. The Morgan fingerprint density at radius 1 is 1.21 bits per heavy atom. The molecule has 0 aromatic heterocycles. The predicted octanol–water partition coefficient (Wildman–Crippen LogP) is 3.39. The normalized spacial score (nSPS) is 10.3. The van der Waals surface area contributed by atoms with E-state index >= 15 is 0 Å². The fourth-order valence-electron chi connectivity index (χ4n) is 1.68. The topological polar surface area (TPSA) is 49.3 Å². The molecular formula is C15H14ClNO2. The van der Waals surface area contributed by atoms with Crippen molar-refractivity contribution in [3.05, 3.63) is 64.2 Å². The van der Waals surface area contributed by atoms with E-state index in [0.717, 1.165) is 11.1 Å². The van der Waals surface area contributed by atoms with Gasteiger partial charge in [0, 0.05) is 5.56 Å². The lowest BCUT2D eigenvalue weighted by Crippen LogP contribution is -2.12. The Labute approximate surface area is 116 Å². The zero-order valence-corrected chi connectivity index (χ0v) is 11.2. The average molecular weight is 276 g/mol. The minimum atomic E-state index is -0.227. The van der Waals surface area contributed by atoms with E-state index in [9.17, 15) is 4.79 Å². The van der Waals surface area contributed by atoms with E-state index in [1.807, 2.05) is 13.0 Å². The largest absolute Gasteiger partial charge is 0.392 e. The van der Waals surface area contributed by atoms with Gasteiger partial charge < -0.3 is 10.4 Å². The van der Waals surface area contributed by atoms with Gasteiger partial charge in [0.15, 0.2) is 0 Å². The summed E-state index contributed by atoms with van der Waals surface area (Å²) >= 11 is 6.06. The number of benzene rings is 2. The number of anilines is 1. The molecule has 1 amide bonds. The standard InChI is InChI=1S/C15H14ClNO2/c1-10-2-7-14(13(16)8-10)17-15(19)12-5-3-11(9-18)4-6-12/h2-8,18H,9H2,1H3,(H,17,19). The van der Waals surface area contributed by atoms with Crippen LogP contribution in [0.25, 0.3) is 0 Å². The molecule has 0 saturated heterocycles. The molecule has 2 aromatic carbocycles. The Morgan fingerprint density at radius 2 is 1.89 bits per heavy atom. The Balaban J connectivity index is 2.15. The first-order valence-corrected chi connectivity index (χ1v) is 6.25. The molecule has 98 valence electrons. The third-order valence-electron chi connectivity index (χ3n) is 2.77. The molecular weight excluding hydrogens is 262 g/mol. The molecule has 0 bridgehead atoms. The second kappa shape index (κ2) is 5.87. The number of nitrogens with one attached hydrogen (secondary N) is 1. The van der Waals surface area contributed by atoms with Crippen LogP contribution in [0.5, 0.6) is 0 Å². The molecule has 0 atom stereocenters. The molecule has 0 fully saturated rings.